The van der Waals surface area contributed by atoms with Gasteiger partial charge in [0.2, 0.25) is 0 Å². The summed E-state index contributed by atoms with van der Waals surface area (Å²) in [6.07, 6.45) is 0. The van der Waals surface area contributed by atoms with E-state index in [1.165, 1.54) is 11.3 Å². The van der Waals surface area contributed by atoms with Crippen molar-refractivity contribution >= 4 is 22.9 Å². The number of nitrogens with zero attached hydrogens (tertiary/aromatic N) is 1. The van der Waals surface area contributed by atoms with Crippen LogP contribution >= 0.6 is 11.3 Å². The number of rotatable bonds is 6. The summed E-state index contributed by atoms with van der Waals surface area (Å²) in [6, 6.07) is 15.5. The number of hydrogen-bond donors (Lipinski definition) is 1. The number of benzene rings is 2. The Labute approximate surface area is 157 Å². The normalized spacial score (nSPS) is 10.8. The first-order valence-corrected chi connectivity index (χ1v) is 9.46. The molecule has 0 radical (unpaired) electrons. The minimum atomic E-state index is -0.201. The molecule has 0 unspecified atom stereocenters. The van der Waals surface area contributed by atoms with Gasteiger partial charge in [-0.05, 0) is 49.2 Å². The summed E-state index contributed by atoms with van der Waals surface area (Å²) in [5.74, 6) is 1.13. The Morgan fingerprint density at radius 3 is 2.46 bits per heavy atom. The summed E-state index contributed by atoms with van der Waals surface area (Å²) in [5, 5.41) is 5.47. The zero-order chi connectivity index (χ0) is 18.5. The monoisotopic (exact) mass is 366 g/mol. The van der Waals surface area contributed by atoms with E-state index in [-0.39, 0.29) is 5.91 Å². The van der Waals surface area contributed by atoms with Crippen molar-refractivity contribution in [2.75, 3.05) is 11.9 Å². The lowest BCUT2D eigenvalue weighted by Gasteiger charge is -2.08. The van der Waals surface area contributed by atoms with Gasteiger partial charge in [-0.15, -0.1) is 11.3 Å². The predicted molar refractivity (Wildman–Crippen MR) is 107 cm³/mol. The minimum absolute atomic E-state index is 0.201. The van der Waals surface area contributed by atoms with Crippen LogP contribution in [0.1, 0.15) is 29.9 Å². The first-order chi connectivity index (χ1) is 12.5. The summed E-state index contributed by atoms with van der Waals surface area (Å²) >= 11 is 1.46. The molecule has 1 N–H and O–H groups in total. The molecule has 1 amide bonds. The highest BCUT2D eigenvalue weighted by molar-refractivity contribution is 7.13. The molecule has 2 aromatic carbocycles. The molecule has 0 fully saturated rings. The molecule has 0 aliphatic heterocycles. The zero-order valence-corrected chi connectivity index (χ0v) is 16.0. The fraction of sp³-hybridized carbons (Fsp3) is 0.238. The van der Waals surface area contributed by atoms with Crippen LogP contribution in [-0.2, 0) is 0 Å². The molecule has 0 bridgehead atoms. The van der Waals surface area contributed by atoms with E-state index >= 15 is 0 Å². The smallest absolute Gasteiger partial charge is 0.275 e. The third-order valence-electron chi connectivity index (χ3n) is 3.73. The van der Waals surface area contributed by atoms with Crippen LogP contribution in [0.25, 0.3) is 10.6 Å². The number of aryl methyl sites for hydroxylation is 1. The van der Waals surface area contributed by atoms with E-state index in [4.69, 9.17) is 4.74 Å². The summed E-state index contributed by atoms with van der Waals surface area (Å²) in [5.41, 5.74) is 3.31. The minimum Gasteiger partial charge on any atom is -0.493 e. The van der Waals surface area contributed by atoms with E-state index in [1.807, 2.05) is 55.5 Å². The highest BCUT2D eigenvalue weighted by Gasteiger charge is 2.12. The second-order valence-electron chi connectivity index (χ2n) is 6.59. The highest BCUT2D eigenvalue weighted by atomic mass is 32.1. The molecule has 5 heteroatoms. The number of thiazole rings is 1. The quantitative estimate of drug-likeness (QED) is 0.635. The fourth-order valence-electron chi connectivity index (χ4n) is 2.30. The van der Waals surface area contributed by atoms with Crippen molar-refractivity contribution in [1.29, 1.82) is 0 Å². The van der Waals surface area contributed by atoms with Gasteiger partial charge in [-0.3, -0.25) is 4.79 Å². The second-order valence-corrected chi connectivity index (χ2v) is 7.45. The van der Waals surface area contributed by atoms with Crippen molar-refractivity contribution in [1.82, 2.24) is 4.98 Å². The van der Waals surface area contributed by atoms with E-state index in [2.05, 4.69) is 24.1 Å². The average molecular weight is 366 g/mol. The standard InChI is InChI=1S/C21H22N2O2S/c1-14(2)12-25-18-10-6-16(7-11-18)21-23-19(13-26-21)20(24)22-17-8-4-15(3)5-9-17/h4-11,13-14H,12H2,1-3H3,(H,22,24). The zero-order valence-electron chi connectivity index (χ0n) is 15.2. The lowest BCUT2D eigenvalue weighted by molar-refractivity contribution is 0.102. The molecule has 1 heterocycles. The van der Waals surface area contributed by atoms with Gasteiger partial charge in [-0.1, -0.05) is 31.5 Å². The van der Waals surface area contributed by atoms with Crippen molar-refractivity contribution in [2.24, 2.45) is 5.92 Å². The van der Waals surface area contributed by atoms with Crippen molar-refractivity contribution in [3.8, 4) is 16.3 Å². The number of ether oxygens (including phenoxy) is 1. The Morgan fingerprint density at radius 1 is 1.12 bits per heavy atom. The number of anilines is 1. The van der Waals surface area contributed by atoms with Crippen molar-refractivity contribution in [3.05, 3.63) is 65.2 Å². The molecule has 0 saturated carbocycles. The molecule has 3 aromatic rings. The predicted octanol–water partition coefficient (Wildman–Crippen LogP) is 5.41. The fourth-order valence-corrected chi connectivity index (χ4v) is 3.11. The van der Waals surface area contributed by atoms with Gasteiger partial charge in [0.1, 0.15) is 16.5 Å². The Balaban J connectivity index is 1.67. The molecule has 1 aromatic heterocycles. The van der Waals surface area contributed by atoms with Crippen molar-refractivity contribution in [3.63, 3.8) is 0 Å². The van der Waals surface area contributed by atoms with Crippen LogP contribution in [0.15, 0.2) is 53.9 Å². The number of nitrogens with one attached hydrogen (secondary N) is 1. The lowest BCUT2D eigenvalue weighted by Crippen LogP contribution is -2.12. The maximum Gasteiger partial charge on any atom is 0.275 e. The lowest BCUT2D eigenvalue weighted by atomic mass is 10.2. The Bertz CT molecular complexity index is 868. The highest BCUT2D eigenvalue weighted by Crippen LogP contribution is 2.26. The van der Waals surface area contributed by atoms with E-state index in [9.17, 15) is 4.79 Å². The molecule has 3 rings (SSSR count). The number of carbonyl (C=O) groups is 1. The molecule has 134 valence electrons. The topological polar surface area (TPSA) is 51.2 Å². The van der Waals surface area contributed by atoms with Gasteiger partial charge in [-0.2, -0.15) is 0 Å². The molecular formula is C21H22N2O2S. The first-order valence-electron chi connectivity index (χ1n) is 8.58. The Hall–Kier alpha value is -2.66. The number of carbonyl (C=O) groups excluding carboxylic acids is 1. The van der Waals surface area contributed by atoms with E-state index in [0.717, 1.165) is 27.6 Å². The molecule has 0 aliphatic rings. The van der Waals surface area contributed by atoms with Crippen LogP contribution in [-0.4, -0.2) is 17.5 Å². The Morgan fingerprint density at radius 2 is 1.81 bits per heavy atom. The molecule has 0 aliphatic carbocycles. The van der Waals surface area contributed by atoms with Gasteiger partial charge < -0.3 is 10.1 Å². The maximum atomic E-state index is 12.4. The van der Waals surface area contributed by atoms with Gasteiger partial charge in [0.25, 0.3) is 5.91 Å². The molecule has 0 atom stereocenters. The molecule has 0 spiro atoms. The van der Waals surface area contributed by atoms with Gasteiger partial charge in [-0.25, -0.2) is 4.98 Å². The summed E-state index contributed by atoms with van der Waals surface area (Å²) in [4.78, 5) is 16.8. The van der Waals surface area contributed by atoms with E-state index in [1.54, 1.807) is 5.38 Å². The van der Waals surface area contributed by atoms with Crippen molar-refractivity contribution in [2.45, 2.75) is 20.8 Å². The van der Waals surface area contributed by atoms with Gasteiger partial charge in [0.05, 0.1) is 6.61 Å². The van der Waals surface area contributed by atoms with E-state index < -0.39 is 0 Å². The van der Waals surface area contributed by atoms with Crippen LogP contribution < -0.4 is 10.1 Å². The number of hydrogen-bond acceptors (Lipinski definition) is 4. The van der Waals surface area contributed by atoms with Crippen LogP contribution in [0, 0.1) is 12.8 Å². The summed E-state index contributed by atoms with van der Waals surface area (Å²) in [6.45, 7) is 6.94. The SMILES string of the molecule is Cc1ccc(NC(=O)c2csc(-c3ccc(OCC(C)C)cc3)n2)cc1. The second kappa shape index (κ2) is 8.15. The molecule has 26 heavy (non-hydrogen) atoms. The number of aromatic nitrogens is 1. The third kappa shape index (κ3) is 4.70. The van der Waals surface area contributed by atoms with Gasteiger partial charge in [0, 0.05) is 16.6 Å². The maximum absolute atomic E-state index is 12.4. The van der Waals surface area contributed by atoms with Gasteiger partial charge in [0.15, 0.2) is 0 Å². The summed E-state index contributed by atoms with van der Waals surface area (Å²) < 4.78 is 5.70. The first kappa shape index (κ1) is 18.1. The molecular weight excluding hydrogens is 344 g/mol. The van der Waals surface area contributed by atoms with Crippen molar-refractivity contribution < 1.29 is 9.53 Å². The summed E-state index contributed by atoms with van der Waals surface area (Å²) in [7, 11) is 0. The molecule has 0 saturated heterocycles. The van der Waals surface area contributed by atoms with Crippen LogP contribution in [0.2, 0.25) is 0 Å². The van der Waals surface area contributed by atoms with Crippen LogP contribution in [0.5, 0.6) is 5.75 Å². The number of amides is 1. The average Bonchev–Trinajstić information content (AvgIpc) is 3.12. The van der Waals surface area contributed by atoms with Crippen LogP contribution in [0.4, 0.5) is 5.69 Å². The van der Waals surface area contributed by atoms with E-state index in [0.29, 0.717) is 18.2 Å². The third-order valence-corrected chi connectivity index (χ3v) is 4.62. The van der Waals surface area contributed by atoms with Crippen LogP contribution in [0.3, 0.4) is 0 Å². The molecule has 4 nitrogen and oxygen atoms in total. The largest absolute Gasteiger partial charge is 0.493 e. The Kier molecular flexibility index (Phi) is 5.68. The van der Waals surface area contributed by atoms with Gasteiger partial charge >= 0.3 is 0 Å².